The van der Waals surface area contributed by atoms with E-state index in [4.69, 9.17) is 9.26 Å². The van der Waals surface area contributed by atoms with Gasteiger partial charge in [0.25, 0.3) is 5.91 Å². The number of fused-ring (bicyclic) bond motifs is 4. The van der Waals surface area contributed by atoms with Crippen LogP contribution in [-0.4, -0.2) is 47.7 Å². The van der Waals surface area contributed by atoms with Gasteiger partial charge in [-0.2, -0.15) is 0 Å². The first-order valence-electron chi connectivity index (χ1n) is 10.2. The smallest absolute Gasteiger partial charge is 0.259 e. The molecule has 2 aliphatic rings. The summed E-state index contributed by atoms with van der Waals surface area (Å²) in [5.74, 6) is 1.50. The average Bonchev–Trinajstić information content (AvgIpc) is 3.28. The minimum Gasteiger partial charge on any atom is -0.497 e. The van der Waals surface area contributed by atoms with Crippen molar-refractivity contribution in [1.29, 1.82) is 0 Å². The number of amides is 1. The van der Waals surface area contributed by atoms with Crippen molar-refractivity contribution in [1.82, 2.24) is 20.4 Å². The summed E-state index contributed by atoms with van der Waals surface area (Å²) in [5.41, 5.74) is 4.95. The molecular weight excluding hydrogens is 368 g/mol. The maximum atomic E-state index is 13.0. The lowest BCUT2D eigenvalue weighted by molar-refractivity contribution is 0.0624. The lowest BCUT2D eigenvalue weighted by Crippen LogP contribution is -2.55. The molecule has 0 saturated carbocycles. The van der Waals surface area contributed by atoms with E-state index in [9.17, 15) is 4.79 Å². The Morgan fingerprint density at radius 3 is 2.76 bits per heavy atom. The minimum absolute atomic E-state index is 0.0218. The first-order chi connectivity index (χ1) is 14.0. The number of aromatic amines is 1. The van der Waals surface area contributed by atoms with Crippen molar-refractivity contribution in [3.63, 3.8) is 0 Å². The molecule has 1 fully saturated rings. The number of benzene rings is 1. The number of piperidine rings is 1. The molecule has 2 aromatic heterocycles. The second kappa shape index (κ2) is 6.62. The summed E-state index contributed by atoms with van der Waals surface area (Å²) in [4.78, 5) is 18.6. The first-order valence-corrected chi connectivity index (χ1v) is 10.2. The molecule has 4 heterocycles. The third kappa shape index (κ3) is 2.75. The number of hydrogen-bond acceptors (Lipinski definition) is 5. The summed E-state index contributed by atoms with van der Waals surface area (Å²) in [5, 5.41) is 8.94. The summed E-state index contributed by atoms with van der Waals surface area (Å²) in [6.45, 7) is 5.96. The summed E-state index contributed by atoms with van der Waals surface area (Å²) in [6, 6.07) is 6.21. The predicted molar refractivity (Wildman–Crippen MR) is 109 cm³/mol. The third-order valence-corrected chi connectivity index (χ3v) is 6.58. The van der Waals surface area contributed by atoms with Gasteiger partial charge < -0.3 is 24.5 Å². The van der Waals surface area contributed by atoms with Crippen molar-refractivity contribution in [3.8, 4) is 5.75 Å². The maximum Gasteiger partial charge on any atom is 0.259 e. The number of methoxy groups -OCH3 is 1. The Morgan fingerprint density at radius 1 is 1.28 bits per heavy atom. The molecule has 2 N–H and O–H groups in total. The number of aromatic nitrogens is 2. The van der Waals surface area contributed by atoms with Crippen LogP contribution in [0.3, 0.4) is 0 Å². The van der Waals surface area contributed by atoms with Crippen LogP contribution in [0.5, 0.6) is 5.75 Å². The molecule has 1 saturated heterocycles. The third-order valence-electron chi connectivity index (χ3n) is 6.58. The highest BCUT2D eigenvalue weighted by atomic mass is 16.5. The first kappa shape index (κ1) is 18.2. The van der Waals surface area contributed by atoms with Crippen LogP contribution in [0, 0.1) is 13.8 Å². The van der Waals surface area contributed by atoms with Gasteiger partial charge in [-0.3, -0.25) is 4.79 Å². The van der Waals surface area contributed by atoms with E-state index in [-0.39, 0.29) is 11.4 Å². The maximum absolute atomic E-state index is 13.0. The van der Waals surface area contributed by atoms with Gasteiger partial charge in [0.05, 0.1) is 18.3 Å². The highest BCUT2D eigenvalue weighted by Crippen LogP contribution is 2.41. The number of aryl methyl sites for hydroxylation is 2. The topological polar surface area (TPSA) is 83.4 Å². The van der Waals surface area contributed by atoms with E-state index in [1.165, 1.54) is 16.6 Å². The number of carbonyl (C=O) groups is 1. The largest absolute Gasteiger partial charge is 0.497 e. The summed E-state index contributed by atoms with van der Waals surface area (Å²) < 4.78 is 10.6. The Morgan fingerprint density at radius 2 is 2.07 bits per heavy atom. The number of H-pyrrole nitrogens is 1. The van der Waals surface area contributed by atoms with Crippen molar-refractivity contribution in [2.75, 3.05) is 26.7 Å². The number of nitrogens with zero attached hydrogens (tertiary/aromatic N) is 2. The number of hydrogen-bond donors (Lipinski definition) is 2. The van der Waals surface area contributed by atoms with Crippen LogP contribution in [0.25, 0.3) is 10.9 Å². The molecule has 0 bridgehead atoms. The predicted octanol–water partition coefficient (Wildman–Crippen LogP) is 3.06. The van der Waals surface area contributed by atoms with Crippen LogP contribution >= 0.6 is 0 Å². The molecule has 5 rings (SSSR count). The number of rotatable bonds is 2. The number of nitrogens with one attached hydrogen (secondary N) is 2. The molecule has 0 radical (unpaired) electrons. The standard InChI is InChI=1S/C22H26N4O3/c1-13-19(14(2)29-25-13)21(27)26-10-7-22(8-11-26)20-16(6-9-23-22)17-12-15(28-3)4-5-18(17)24-20/h4-5,12,23-24H,6-11H2,1-3H3. The molecule has 1 aromatic carbocycles. The zero-order valence-corrected chi connectivity index (χ0v) is 17.1. The van der Waals surface area contributed by atoms with Crippen LogP contribution in [0.4, 0.5) is 0 Å². The fourth-order valence-corrected chi connectivity index (χ4v) is 5.00. The minimum atomic E-state index is -0.116. The Bertz CT molecular complexity index is 1070. The van der Waals surface area contributed by atoms with Crippen molar-refractivity contribution in [2.45, 2.75) is 38.6 Å². The van der Waals surface area contributed by atoms with Crippen LogP contribution < -0.4 is 10.1 Å². The van der Waals surface area contributed by atoms with Gasteiger partial charge in [-0.15, -0.1) is 0 Å². The van der Waals surface area contributed by atoms with E-state index in [2.05, 4.69) is 27.6 Å². The number of carbonyl (C=O) groups excluding carboxylic acids is 1. The van der Waals surface area contributed by atoms with Crippen molar-refractivity contribution < 1.29 is 14.1 Å². The Kier molecular flexibility index (Phi) is 4.17. The lowest BCUT2D eigenvalue weighted by atomic mass is 9.79. The highest BCUT2D eigenvalue weighted by Gasteiger charge is 2.42. The lowest BCUT2D eigenvalue weighted by Gasteiger charge is -2.44. The van der Waals surface area contributed by atoms with E-state index in [1.807, 2.05) is 17.9 Å². The van der Waals surface area contributed by atoms with Gasteiger partial charge in [0.2, 0.25) is 0 Å². The van der Waals surface area contributed by atoms with Crippen LogP contribution in [0.2, 0.25) is 0 Å². The monoisotopic (exact) mass is 394 g/mol. The summed E-state index contributed by atoms with van der Waals surface area (Å²) in [6.07, 6.45) is 2.74. The molecule has 1 amide bonds. The Labute approximate surface area is 169 Å². The van der Waals surface area contributed by atoms with Gasteiger partial charge in [0.1, 0.15) is 17.1 Å². The van der Waals surface area contributed by atoms with Crippen LogP contribution in [0.15, 0.2) is 22.7 Å². The van der Waals surface area contributed by atoms with Crippen LogP contribution in [-0.2, 0) is 12.0 Å². The van der Waals surface area contributed by atoms with E-state index in [0.29, 0.717) is 30.1 Å². The van der Waals surface area contributed by atoms with E-state index in [1.54, 1.807) is 14.0 Å². The zero-order valence-electron chi connectivity index (χ0n) is 17.1. The van der Waals surface area contributed by atoms with E-state index < -0.39 is 0 Å². The normalized spacial score (nSPS) is 18.2. The van der Waals surface area contributed by atoms with Crippen molar-refractivity contribution >= 4 is 16.8 Å². The summed E-state index contributed by atoms with van der Waals surface area (Å²) in [7, 11) is 1.70. The Balaban J connectivity index is 1.44. The van der Waals surface area contributed by atoms with E-state index in [0.717, 1.165) is 37.1 Å². The molecule has 0 unspecified atom stereocenters. The van der Waals surface area contributed by atoms with Crippen molar-refractivity contribution in [2.24, 2.45) is 0 Å². The van der Waals surface area contributed by atoms with Gasteiger partial charge in [-0.05, 0) is 56.9 Å². The molecule has 2 aliphatic heterocycles. The molecule has 0 atom stereocenters. The van der Waals surface area contributed by atoms with Gasteiger partial charge in [0, 0.05) is 36.2 Å². The zero-order chi connectivity index (χ0) is 20.2. The quantitative estimate of drug-likeness (QED) is 0.698. The van der Waals surface area contributed by atoms with E-state index >= 15 is 0 Å². The average molecular weight is 394 g/mol. The molecular formula is C22H26N4O3. The van der Waals surface area contributed by atoms with Gasteiger partial charge >= 0.3 is 0 Å². The second-order valence-electron chi connectivity index (χ2n) is 8.14. The number of ether oxygens (including phenoxy) is 1. The Hall–Kier alpha value is -2.80. The summed E-state index contributed by atoms with van der Waals surface area (Å²) >= 11 is 0. The second-order valence-corrected chi connectivity index (χ2v) is 8.14. The molecule has 1 spiro atoms. The fourth-order valence-electron chi connectivity index (χ4n) is 5.00. The SMILES string of the molecule is COc1ccc2[nH]c3c(c2c1)CCNC31CCN(C(=O)c2c(C)noc2C)CC1. The molecule has 7 heteroatoms. The number of likely N-dealkylation sites (tertiary alicyclic amines) is 1. The molecule has 0 aliphatic carbocycles. The molecule has 7 nitrogen and oxygen atoms in total. The highest BCUT2D eigenvalue weighted by molar-refractivity contribution is 5.96. The molecule has 29 heavy (non-hydrogen) atoms. The van der Waals surface area contributed by atoms with Gasteiger partial charge in [-0.25, -0.2) is 0 Å². The molecule has 3 aromatic rings. The fraction of sp³-hybridized carbons (Fsp3) is 0.455. The van der Waals surface area contributed by atoms with Crippen molar-refractivity contribution in [3.05, 3.63) is 46.5 Å². The van der Waals surface area contributed by atoms with Gasteiger partial charge in [-0.1, -0.05) is 5.16 Å². The van der Waals surface area contributed by atoms with Gasteiger partial charge in [0.15, 0.2) is 0 Å². The molecule has 152 valence electrons. The van der Waals surface area contributed by atoms with Crippen LogP contribution in [0.1, 0.15) is 45.9 Å².